The van der Waals surface area contributed by atoms with Crippen LogP contribution in [-0.4, -0.2) is 30.6 Å². The molecule has 96 valence electrons. The highest BCUT2D eigenvalue weighted by molar-refractivity contribution is 5.48. The molecule has 0 aliphatic rings. The Bertz CT molecular complexity index is 346. The third-order valence-electron chi connectivity index (χ3n) is 2.43. The second-order valence-electron chi connectivity index (χ2n) is 5.55. The van der Waals surface area contributed by atoms with Crippen molar-refractivity contribution >= 4 is 11.6 Å². The molecular formula is C13H24N4. The summed E-state index contributed by atoms with van der Waals surface area (Å²) in [7, 11) is 3.96. The summed E-state index contributed by atoms with van der Waals surface area (Å²) in [6.45, 7) is 9.72. The van der Waals surface area contributed by atoms with Gasteiger partial charge in [0.25, 0.3) is 0 Å². The van der Waals surface area contributed by atoms with Gasteiger partial charge in [-0.3, -0.25) is 0 Å². The van der Waals surface area contributed by atoms with Gasteiger partial charge in [-0.05, 0) is 5.41 Å². The first-order valence-electron chi connectivity index (χ1n) is 6.12. The summed E-state index contributed by atoms with van der Waals surface area (Å²) in [6.07, 6.45) is 0.853. The quantitative estimate of drug-likeness (QED) is 0.872. The van der Waals surface area contributed by atoms with Gasteiger partial charge in [-0.2, -0.15) is 0 Å². The minimum absolute atomic E-state index is 0.256. The van der Waals surface area contributed by atoms with Gasteiger partial charge < -0.3 is 10.2 Å². The number of hydrogen-bond donors (Lipinski definition) is 1. The topological polar surface area (TPSA) is 41.1 Å². The van der Waals surface area contributed by atoms with Crippen LogP contribution in [0.15, 0.2) is 6.07 Å². The van der Waals surface area contributed by atoms with Crippen molar-refractivity contribution in [3.8, 4) is 0 Å². The number of hydrogen-bond acceptors (Lipinski definition) is 4. The maximum Gasteiger partial charge on any atom is 0.134 e. The summed E-state index contributed by atoms with van der Waals surface area (Å²) in [6, 6.07) is 1.99. The molecule has 0 spiro atoms. The highest BCUT2D eigenvalue weighted by Crippen LogP contribution is 2.20. The summed E-state index contributed by atoms with van der Waals surface area (Å²) in [5.41, 5.74) is 0.256. The van der Waals surface area contributed by atoms with Gasteiger partial charge in [-0.15, -0.1) is 0 Å². The van der Waals surface area contributed by atoms with E-state index in [1.165, 1.54) is 0 Å². The van der Waals surface area contributed by atoms with E-state index in [9.17, 15) is 0 Å². The second-order valence-corrected chi connectivity index (χ2v) is 5.55. The van der Waals surface area contributed by atoms with Crippen molar-refractivity contribution in [3.05, 3.63) is 11.9 Å². The number of nitrogens with one attached hydrogen (secondary N) is 1. The van der Waals surface area contributed by atoms with Crippen LogP contribution in [0.2, 0.25) is 0 Å². The lowest BCUT2D eigenvalue weighted by Crippen LogP contribution is -2.30. The Labute approximate surface area is 104 Å². The van der Waals surface area contributed by atoms with Crippen LogP contribution in [-0.2, 0) is 6.42 Å². The Kier molecular flexibility index (Phi) is 4.32. The molecule has 0 fully saturated rings. The summed E-state index contributed by atoms with van der Waals surface area (Å²) in [4.78, 5) is 11.1. The summed E-state index contributed by atoms with van der Waals surface area (Å²) < 4.78 is 0. The second kappa shape index (κ2) is 5.34. The van der Waals surface area contributed by atoms with Gasteiger partial charge in [0.05, 0.1) is 0 Å². The lowest BCUT2D eigenvalue weighted by Gasteiger charge is -2.27. The Hall–Kier alpha value is -1.32. The molecule has 0 aliphatic heterocycles. The lowest BCUT2D eigenvalue weighted by atomic mass is 9.96. The average Bonchev–Trinajstić information content (AvgIpc) is 2.26. The molecule has 17 heavy (non-hydrogen) atoms. The van der Waals surface area contributed by atoms with Crippen molar-refractivity contribution in [3.63, 3.8) is 0 Å². The van der Waals surface area contributed by atoms with E-state index >= 15 is 0 Å². The average molecular weight is 236 g/mol. The summed E-state index contributed by atoms with van der Waals surface area (Å²) in [5, 5.41) is 3.08. The van der Waals surface area contributed by atoms with Crippen LogP contribution in [0.3, 0.4) is 0 Å². The summed E-state index contributed by atoms with van der Waals surface area (Å²) >= 11 is 0. The van der Waals surface area contributed by atoms with Crippen molar-refractivity contribution in [2.75, 3.05) is 30.9 Å². The maximum absolute atomic E-state index is 4.56. The van der Waals surface area contributed by atoms with Crippen molar-refractivity contribution in [2.45, 2.75) is 34.1 Å². The molecule has 1 N–H and O–H groups in total. The highest BCUT2D eigenvalue weighted by Gasteiger charge is 2.15. The molecule has 1 heterocycles. The third-order valence-corrected chi connectivity index (χ3v) is 2.43. The number of nitrogens with zero attached hydrogens (tertiary/aromatic N) is 3. The molecule has 4 heteroatoms. The van der Waals surface area contributed by atoms with Crippen molar-refractivity contribution in [1.82, 2.24) is 9.97 Å². The van der Waals surface area contributed by atoms with E-state index in [-0.39, 0.29) is 5.41 Å². The first-order valence-corrected chi connectivity index (χ1v) is 6.12. The molecule has 0 saturated heterocycles. The Morgan fingerprint density at radius 1 is 1.29 bits per heavy atom. The van der Waals surface area contributed by atoms with Gasteiger partial charge >= 0.3 is 0 Å². The van der Waals surface area contributed by atoms with E-state index in [0.29, 0.717) is 0 Å². The monoisotopic (exact) mass is 236 g/mol. The minimum Gasteiger partial charge on any atom is -0.373 e. The predicted molar refractivity (Wildman–Crippen MR) is 73.7 cm³/mol. The van der Waals surface area contributed by atoms with Crippen LogP contribution in [0.1, 0.15) is 33.5 Å². The van der Waals surface area contributed by atoms with E-state index in [1.54, 1.807) is 0 Å². The Balaban J connectivity index is 2.96. The van der Waals surface area contributed by atoms with Gasteiger partial charge in [0.2, 0.25) is 0 Å². The zero-order valence-corrected chi connectivity index (χ0v) is 11.8. The first-order chi connectivity index (χ1) is 7.85. The normalized spacial score (nSPS) is 11.4. The van der Waals surface area contributed by atoms with E-state index in [0.717, 1.165) is 30.4 Å². The van der Waals surface area contributed by atoms with E-state index in [4.69, 9.17) is 0 Å². The minimum atomic E-state index is 0.256. The van der Waals surface area contributed by atoms with Gasteiger partial charge in [-0.25, -0.2) is 9.97 Å². The molecule has 0 amide bonds. The molecule has 0 aromatic carbocycles. The Morgan fingerprint density at radius 3 is 2.41 bits per heavy atom. The number of aromatic nitrogens is 2. The van der Waals surface area contributed by atoms with Crippen LogP contribution in [0.4, 0.5) is 11.6 Å². The molecular weight excluding hydrogens is 212 g/mol. The van der Waals surface area contributed by atoms with Crippen molar-refractivity contribution in [1.29, 1.82) is 0 Å². The smallest absolute Gasteiger partial charge is 0.134 e. The molecule has 0 unspecified atom stereocenters. The molecule has 0 radical (unpaired) electrons. The van der Waals surface area contributed by atoms with Gasteiger partial charge in [0, 0.05) is 33.1 Å². The fourth-order valence-electron chi connectivity index (χ4n) is 1.76. The molecule has 1 rings (SSSR count). The van der Waals surface area contributed by atoms with Crippen molar-refractivity contribution in [2.24, 2.45) is 5.41 Å². The van der Waals surface area contributed by atoms with Gasteiger partial charge in [-0.1, -0.05) is 27.7 Å². The van der Waals surface area contributed by atoms with Gasteiger partial charge in [0.1, 0.15) is 17.5 Å². The van der Waals surface area contributed by atoms with Crippen LogP contribution in [0.5, 0.6) is 0 Å². The van der Waals surface area contributed by atoms with E-state index in [2.05, 4.69) is 54.9 Å². The molecule has 0 bridgehead atoms. The molecule has 4 nitrogen and oxygen atoms in total. The lowest BCUT2D eigenvalue weighted by molar-refractivity contribution is 0.417. The molecule has 0 saturated carbocycles. The fraction of sp³-hybridized carbons (Fsp3) is 0.692. The number of rotatable bonds is 4. The van der Waals surface area contributed by atoms with Crippen LogP contribution < -0.4 is 10.2 Å². The van der Waals surface area contributed by atoms with Crippen LogP contribution in [0.25, 0.3) is 0 Å². The maximum atomic E-state index is 4.56. The zero-order valence-electron chi connectivity index (χ0n) is 11.8. The van der Waals surface area contributed by atoms with Crippen LogP contribution in [0, 0.1) is 5.41 Å². The third kappa shape index (κ3) is 4.21. The largest absolute Gasteiger partial charge is 0.373 e. The standard InChI is InChI=1S/C13H24N4/c1-7-10-15-11(14-5)8-12(16-10)17(6)9-13(2,3)4/h8H,7,9H2,1-6H3,(H,14,15,16). The van der Waals surface area contributed by atoms with E-state index in [1.807, 2.05) is 13.1 Å². The predicted octanol–water partition coefficient (Wildman–Crippen LogP) is 2.56. The molecule has 1 aromatic heterocycles. The first kappa shape index (κ1) is 13.7. The number of aryl methyl sites for hydroxylation is 1. The Morgan fingerprint density at radius 2 is 1.94 bits per heavy atom. The fourth-order valence-corrected chi connectivity index (χ4v) is 1.76. The highest BCUT2D eigenvalue weighted by atomic mass is 15.2. The molecule has 0 atom stereocenters. The van der Waals surface area contributed by atoms with Crippen molar-refractivity contribution < 1.29 is 0 Å². The molecule has 1 aromatic rings. The SMILES string of the molecule is CCc1nc(NC)cc(N(C)CC(C)(C)C)n1. The van der Waals surface area contributed by atoms with Gasteiger partial charge in [0.15, 0.2) is 0 Å². The summed E-state index contributed by atoms with van der Waals surface area (Å²) in [5.74, 6) is 2.75. The van der Waals surface area contributed by atoms with Crippen LogP contribution >= 0.6 is 0 Å². The molecule has 0 aliphatic carbocycles. The van der Waals surface area contributed by atoms with E-state index < -0.39 is 0 Å². The zero-order chi connectivity index (χ0) is 13.1. The number of anilines is 2.